The summed E-state index contributed by atoms with van der Waals surface area (Å²) in [4.78, 5) is 11.7. The van der Waals surface area contributed by atoms with Gasteiger partial charge in [0.05, 0.1) is 12.2 Å². The van der Waals surface area contributed by atoms with E-state index in [1.54, 1.807) is 0 Å². The Morgan fingerprint density at radius 1 is 1.58 bits per heavy atom. The Labute approximate surface area is 113 Å². The van der Waals surface area contributed by atoms with E-state index in [1.807, 2.05) is 0 Å². The topological polar surface area (TPSA) is 59.1 Å². The van der Waals surface area contributed by atoms with Crippen LogP contribution in [0.25, 0.3) is 0 Å². The third-order valence-electron chi connectivity index (χ3n) is 4.64. The summed E-state index contributed by atoms with van der Waals surface area (Å²) in [6, 6.07) is 0. The van der Waals surface area contributed by atoms with Crippen molar-refractivity contribution in [1.82, 2.24) is 0 Å². The van der Waals surface area contributed by atoms with Gasteiger partial charge in [-0.25, -0.2) is 4.79 Å². The van der Waals surface area contributed by atoms with Crippen LogP contribution in [0.2, 0.25) is 0 Å². The first-order chi connectivity index (χ1) is 9.05. The number of allylic oxidation sites excluding steroid dienone is 1. The number of hydrogen-bond donors (Lipinski definition) is 1. The van der Waals surface area contributed by atoms with Gasteiger partial charge in [-0.1, -0.05) is 12.7 Å². The smallest absolute Gasteiger partial charge is 0.334 e. The fraction of sp³-hybridized carbons (Fsp3) is 0.667. The summed E-state index contributed by atoms with van der Waals surface area (Å²) in [6.45, 7) is 6.01. The highest BCUT2D eigenvalue weighted by Crippen LogP contribution is 2.49. The quantitative estimate of drug-likeness (QED) is 0.339. The van der Waals surface area contributed by atoms with Crippen molar-refractivity contribution in [2.75, 3.05) is 6.61 Å². The second-order valence-corrected chi connectivity index (χ2v) is 5.95. The van der Waals surface area contributed by atoms with Gasteiger partial charge in [-0.15, -0.1) is 0 Å². The SMILES string of the molecule is C=C1C(=O)O[C@H]2[C@H]1CC/C(CO)=C/CC[C@]1(C)O[C@@H]21. The maximum Gasteiger partial charge on any atom is 0.334 e. The summed E-state index contributed by atoms with van der Waals surface area (Å²) >= 11 is 0. The Balaban J connectivity index is 1.86. The van der Waals surface area contributed by atoms with E-state index in [0.717, 1.165) is 31.3 Å². The zero-order valence-corrected chi connectivity index (χ0v) is 11.2. The number of carbonyl (C=O) groups is 1. The number of esters is 1. The summed E-state index contributed by atoms with van der Waals surface area (Å²) in [5.41, 5.74) is 1.40. The molecule has 0 unspecified atom stereocenters. The Morgan fingerprint density at radius 2 is 2.37 bits per heavy atom. The molecular weight excluding hydrogens is 244 g/mol. The van der Waals surface area contributed by atoms with E-state index in [9.17, 15) is 9.90 Å². The van der Waals surface area contributed by atoms with Crippen molar-refractivity contribution in [2.24, 2.45) is 5.92 Å². The monoisotopic (exact) mass is 264 g/mol. The summed E-state index contributed by atoms with van der Waals surface area (Å²) in [7, 11) is 0. The van der Waals surface area contributed by atoms with Crippen LogP contribution in [0.1, 0.15) is 32.6 Å². The van der Waals surface area contributed by atoms with E-state index in [-0.39, 0.29) is 36.3 Å². The highest BCUT2D eigenvalue weighted by molar-refractivity contribution is 5.91. The van der Waals surface area contributed by atoms with Gasteiger partial charge < -0.3 is 14.6 Å². The van der Waals surface area contributed by atoms with Gasteiger partial charge in [0, 0.05) is 11.5 Å². The maximum atomic E-state index is 11.7. The fourth-order valence-electron chi connectivity index (χ4n) is 3.26. The van der Waals surface area contributed by atoms with Crippen LogP contribution in [0.3, 0.4) is 0 Å². The Hall–Kier alpha value is -1.13. The normalized spacial score (nSPS) is 44.7. The van der Waals surface area contributed by atoms with E-state index < -0.39 is 0 Å². The minimum Gasteiger partial charge on any atom is -0.455 e. The molecule has 1 aliphatic carbocycles. The lowest BCUT2D eigenvalue weighted by Crippen LogP contribution is -2.29. The highest BCUT2D eigenvalue weighted by atomic mass is 16.6. The number of rotatable bonds is 1. The van der Waals surface area contributed by atoms with Crippen molar-refractivity contribution in [3.8, 4) is 0 Å². The average molecular weight is 264 g/mol. The lowest BCUT2D eigenvalue weighted by atomic mass is 9.84. The molecule has 19 heavy (non-hydrogen) atoms. The van der Waals surface area contributed by atoms with Crippen LogP contribution < -0.4 is 0 Å². The van der Waals surface area contributed by atoms with Gasteiger partial charge in [-0.05, 0) is 38.2 Å². The van der Waals surface area contributed by atoms with Crippen LogP contribution in [0.4, 0.5) is 0 Å². The number of fused-ring (bicyclic) bond motifs is 3. The van der Waals surface area contributed by atoms with E-state index in [0.29, 0.717) is 5.57 Å². The molecule has 1 N–H and O–H groups in total. The molecule has 3 rings (SSSR count). The van der Waals surface area contributed by atoms with Crippen LogP contribution in [0, 0.1) is 5.92 Å². The molecule has 3 aliphatic rings. The molecule has 0 bridgehead atoms. The molecule has 0 aromatic rings. The first-order valence-electron chi connectivity index (χ1n) is 6.91. The van der Waals surface area contributed by atoms with Crippen molar-refractivity contribution in [3.05, 3.63) is 23.8 Å². The molecule has 4 heteroatoms. The zero-order valence-electron chi connectivity index (χ0n) is 11.2. The largest absolute Gasteiger partial charge is 0.455 e. The van der Waals surface area contributed by atoms with Crippen molar-refractivity contribution >= 4 is 5.97 Å². The molecule has 0 spiro atoms. The van der Waals surface area contributed by atoms with Crippen molar-refractivity contribution in [1.29, 1.82) is 0 Å². The second kappa shape index (κ2) is 4.46. The molecular formula is C15H20O4. The van der Waals surface area contributed by atoms with Gasteiger partial charge in [-0.2, -0.15) is 0 Å². The molecule has 0 aromatic heterocycles. The standard InChI is InChI=1S/C15H20O4/c1-9-11-6-5-10(8-16)4-3-7-15(2)13(19-15)12(11)18-14(9)17/h4,11-13,16H,1,3,5-8H2,2H3/b10-4-/t11-,12-,13-,15-/m0/s1. The van der Waals surface area contributed by atoms with Crippen molar-refractivity contribution < 1.29 is 19.4 Å². The van der Waals surface area contributed by atoms with Crippen LogP contribution in [-0.4, -0.2) is 35.5 Å². The zero-order chi connectivity index (χ0) is 13.6. The minimum absolute atomic E-state index is 0.00442. The summed E-state index contributed by atoms with van der Waals surface area (Å²) in [5.74, 6) is -0.269. The number of carbonyl (C=O) groups excluding carboxylic acids is 1. The van der Waals surface area contributed by atoms with Crippen LogP contribution in [0.15, 0.2) is 23.8 Å². The first kappa shape index (κ1) is 12.9. The molecule has 2 fully saturated rings. The predicted molar refractivity (Wildman–Crippen MR) is 69.4 cm³/mol. The summed E-state index contributed by atoms with van der Waals surface area (Å²) in [5, 5.41) is 9.35. The predicted octanol–water partition coefficient (Wildman–Crippen LogP) is 1.73. The highest BCUT2D eigenvalue weighted by Gasteiger charge is 2.61. The van der Waals surface area contributed by atoms with Gasteiger partial charge >= 0.3 is 5.97 Å². The number of aliphatic hydroxyl groups excluding tert-OH is 1. The van der Waals surface area contributed by atoms with E-state index in [2.05, 4.69) is 19.6 Å². The number of hydrogen-bond acceptors (Lipinski definition) is 4. The Kier molecular flexibility index (Phi) is 3.02. The molecule has 4 atom stereocenters. The summed E-state index contributed by atoms with van der Waals surface area (Å²) in [6.07, 6.45) is 5.29. The molecule has 104 valence electrons. The average Bonchev–Trinajstić information content (AvgIpc) is 2.97. The van der Waals surface area contributed by atoms with E-state index in [1.165, 1.54) is 0 Å². The maximum absolute atomic E-state index is 11.7. The lowest BCUT2D eigenvalue weighted by Gasteiger charge is -2.19. The number of ether oxygens (including phenoxy) is 2. The second-order valence-electron chi connectivity index (χ2n) is 5.95. The van der Waals surface area contributed by atoms with Gasteiger partial charge in [0.2, 0.25) is 0 Å². The van der Waals surface area contributed by atoms with Gasteiger partial charge in [-0.3, -0.25) is 0 Å². The number of aliphatic hydroxyl groups is 1. The lowest BCUT2D eigenvalue weighted by molar-refractivity contribution is -0.140. The van der Waals surface area contributed by atoms with Crippen molar-refractivity contribution in [3.63, 3.8) is 0 Å². The van der Waals surface area contributed by atoms with Crippen molar-refractivity contribution in [2.45, 2.75) is 50.4 Å². The first-order valence-corrected chi connectivity index (χ1v) is 6.91. The van der Waals surface area contributed by atoms with Crippen LogP contribution >= 0.6 is 0 Å². The van der Waals surface area contributed by atoms with Crippen LogP contribution in [0.5, 0.6) is 0 Å². The summed E-state index contributed by atoms with van der Waals surface area (Å²) < 4.78 is 11.3. The molecule has 4 nitrogen and oxygen atoms in total. The molecule has 0 radical (unpaired) electrons. The molecule has 2 heterocycles. The fourth-order valence-corrected chi connectivity index (χ4v) is 3.26. The molecule has 2 aliphatic heterocycles. The Bertz CT molecular complexity index is 453. The van der Waals surface area contributed by atoms with E-state index >= 15 is 0 Å². The molecule has 0 amide bonds. The Morgan fingerprint density at radius 3 is 3.11 bits per heavy atom. The molecule has 0 aromatic carbocycles. The number of epoxide rings is 1. The van der Waals surface area contributed by atoms with E-state index in [4.69, 9.17) is 9.47 Å². The third-order valence-corrected chi connectivity index (χ3v) is 4.64. The van der Waals surface area contributed by atoms with Gasteiger partial charge in [0.15, 0.2) is 0 Å². The molecule has 2 saturated heterocycles. The third kappa shape index (κ3) is 2.13. The minimum atomic E-state index is -0.290. The van der Waals surface area contributed by atoms with Crippen LogP contribution in [-0.2, 0) is 14.3 Å². The van der Waals surface area contributed by atoms with Gasteiger partial charge in [0.25, 0.3) is 0 Å². The van der Waals surface area contributed by atoms with Gasteiger partial charge in [0.1, 0.15) is 12.2 Å². The molecule has 0 saturated carbocycles.